The molecule has 1 aliphatic heterocycles. The van der Waals surface area contributed by atoms with Crippen LogP contribution in [-0.2, 0) is 11.8 Å². The first-order valence-corrected chi connectivity index (χ1v) is 8.77. The highest BCUT2D eigenvalue weighted by molar-refractivity contribution is 7.99. The molecule has 0 spiro atoms. The van der Waals surface area contributed by atoms with Gasteiger partial charge in [-0.1, -0.05) is 36.4 Å². The minimum atomic E-state index is -0.755. The second-order valence-electron chi connectivity index (χ2n) is 5.39. The first-order valence-electron chi connectivity index (χ1n) is 7.41. The number of carbonyl (C=O) groups is 1. The summed E-state index contributed by atoms with van der Waals surface area (Å²) in [5.41, 5.74) is -0.0435. The molecule has 0 fully saturated rings. The van der Waals surface area contributed by atoms with Gasteiger partial charge in [0.25, 0.3) is 5.56 Å². The van der Waals surface area contributed by atoms with E-state index in [4.69, 9.17) is 11.6 Å². The van der Waals surface area contributed by atoms with Gasteiger partial charge in [-0.05, 0) is 17.9 Å². The Morgan fingerprint density at radius 1 is 1.42 bits per heavy atom. The molecule has 0 saturated carbocycles. The molecule has 0 bridgehead atoms. The monoisotopic (exact) mass is 367 g/mol. The van der Waals surface area contributed by atoms with Crippen LogP contribution in [0, 0.1) is 5.82 Å². The number of benzene rings is 1. The number of aromatic nitrogens is 2. The van der Waals surface area contributed by atoms with Crippen molar-refractivity contribution >= 4 is 35.1 Å². The normalized spacial score (nSPS) is 16.7. The highest BCUT2D eigenvalue weighted by Crippen LogP contribution is 2.39. The quantitative estimate of drug-likeness (QED) is 0.668. The molecule has 0 radical (unpaired) electrons. The molecule has 5 nitrogen and oxygen atoms in total. The SMILES string of the molecule is CCSc1nc(=O)c2c(n1C)NC(=O)C[C@@H]2c1c(F)cccc1Cl. The Bertz CT molecular complexity index is 864. The molecule has 2 aromatic rings. The highest BCUT2D eigenvalue weighted by atomic mass is 35.5. The maximum absolute atomic E-state index is 14.3. The zero-order chi connectivity index (χ0) is 17.4. The van der Waals surface area contributed by atoms with Crippen molar-refractivity contribution in [3.05, 3.63) is 50.5 Å². The van der Waals surface area contributed by atoms with Crippen LogP contribution in [0.15, 0.2) is 28.2 Å². The van der Waals surface area contributed by atoms with Gasteiger partial charge in [-0.2, -0.15) is 4.98 Å². The number of nitrogens with one attached hydrogen (secondary N) is 1. The van der Waals surface area contributed by atoms with Crippen molar-refractivity contribution in [1.29, 1.82) is 0 Å². The Labute approximate surface area is 147 Å². The number of hydrogen-bond donors (Lipinski definition) is 1. The Kier molecular flexibility index (Phi) is 4.64. The number of fused-ring (bicyclic) bond motifs is 1. The summed E-state index contributed by atoms with van der Waals surface area (Å²) in [5, 5.41) is 3.40. The number of halogens is 2. The van der Waals surface area contributed by atoms with Crippen molar-refractivity contribution < 1.29 is 9.18 Å². The van der Waals surface area contributed by atoms with E-state index in [0.29, 0.717) is 11.0 Å². The average Bonchev–Trinajstić information content (AvgIpc) is 2.52. The highest BCUT2D eigenvalue weighted by Gasteiger charge is 2.34. The number of anilines is 1. The molecule has 3 rings (SSSR count). The summed E-state index contributed by atoms with van der Waals surface area (Å²) < 4.78 is 16.0. The molecule has 1 N–H and O–H groups in total. The summed E-state index contributed by atoms with van der Waals surface area (Å²) in [6, 6.07) is 4.31. The third-order valence-electron chi connectivity index (χ3n) is 3.92. The van der Waals surface area contributed by atoms with E-state index >= 15 is 0 Å². The van der Waals surface area contributed by atoms with Gasteiger partial charge < -0.3 is 9.88 Å². The number of thioether (sulfide) groups is 1. The van der Waals surface area contributed by atoms with Gasteiger partial charge in [0.15, 0.2) is 5.16 Å². The molecule has 0 saturated heterocycles. The fourth-order valence-corrected chi connectivity index (χ4v) is 3.87. The predicted octanol–water partition coefficient (Wildman–Crippen LogP) is 3.16. The van der Waals surface area contributed by atoms with Crippen LogP contribution in [0.1, 0.15) is 30.4 Å². The van der Waals surface area contributed by atoms with Crippen molar-refractivity contribution in [2.75, 3.05) is 11.1 Å². The number of nitrogens with zero attached hydrogens (tertiary/aromatic N) is 2. The molecule has 1 aliphatic rings. The number of carbonyl (C=O) groups excluding carboxylic acids is 1. The molecule has 1 aromatic carbocycles. The van der Waals surface area contributed by atoms with Gasteiger partial charge in [0.1, 0.15) is 11.6 Å². The molecule has 0 unspecified atom stereocenters. The smallest absolute Gasteiger partial charge is 0.279 e. The van der Waals surface area contributed by atoms with E-state index in [2.05, 4.69) is 10.3 Å². The Hall–Kier alpha value is -1.86. The van der Waals surface area contributed by atoms with Crippen molar-refractivity contribution in [2.24, 2.45) is 7.05 Å². The minimum absolute atomic E-state index is 0.0508. The van der Waals surface area contributed by atoms with Crippen LogP contribution in [0.4, 0.5) is 10.2 Å². The molecule has 1 atom stereocenters. The van der Waals surface area contributed by atoms with Crippen LogP contribution in [0.5, 0.6) is 0 Å². The number of amides is 1. The molecule has 1 amide bonds. The number of rotatable bonds is 3. The molecule has 24 heavy (non-hydrogen) atoms. The first kappa shape index (κ1) is 17.0. The lowest BCUT2D eigenvalue weighted by Gasteiger charge is -2.28. The van der Waals surface area contributed by atoms with E-state index < -0.39 is 17.3 Å². The van der Waals surface area contributed by atoms with Gasteiger partial charge in [0, 0.05) is 30.0 Å². The van der Waals surface area contributed by atoms with Crippen molar-refractivity contribution in [3.63, 3.8) is 0 Å². The van der Waals surface area contributed by atoms with E-state index in [-0.39, 0.29) is 28.5 Å². The lowest BCUT2D eigenvalue weighted by atomic mass is 9.86. The zero-order valence-corrected chi connectivity index (χ0v) is 14.7. The standard InChI is InChI=1S/C16H15ClFN3O2S/c1-3-24-16-20-15(23)13-8(7-11(22)19-14(13)21(16)2)12-9(17)5-4-6-10(12)18/h4-6,8H,3,7H2,1-2H3,(H,19,22)/t8-/m1/s1. The maximum Gasteiger partial charge on any atom is 0.279 e. The van der Waals surface area contributed by atoms with Gasteiger partial charge >= 0.3 is 0 Å². The molecule has 1 aromatic heterocycles. The third-order valence-corrected chi connectivity index (χ3v) is 5.16. The van der Waals surface area contributed by atoms with E-state index in [9.17, 15) is 14.0 Å². The van der Waals surface area contributed by atoms with Crippen LogP contribution in [0.3, 0.4) is 0 Å². The molecule has 0 aliphatic carbocycles. The minimum Gasteiger partial charge on any atom is -0.312 e. The summed E-state index contributed by atoms with van der Waals surface area (Å²) in [6.07, 6.45) is -0.0508. The summed E-state index contributed by atoms with van der Waals surface area (Å²) in [6.45, 7) is 1.94. The maximum atomic E-state index is 14.3. The fraction of sp³-hybridized carbons (Fsp3) is 0.312. The van der Waals surface area contributed by atoms with Crippen molar-refractivity contribution in [1.82, 2.24) is 9.55 Å². The Balaban J connectivity index is 2.26. The second-order valence-corrected chi connectivity index (χ2v) is 7.03. The average molecular weight is 368 g/mol. The fourth-order valence-electron chi connectivity index (χ4n) is 2.88. The van der Waals surface area contributed by atoms with Crippen molar-refractivity contribution in [3.8, 4) is 0 Å². The summed E-state index contributed by atoms with van der Waals surface area (Å²) in [5.74, 6) is -0.501. The number of hydrogen-bond acceptors (Lipinski definition) is 4. The molecular formula is C16H15ClFN3O2S. The third kappa shape index (κ3) is 2.82. The van der Waals surface area contributed by atoms with Gasteiger partial charge in [-0.25, -0.2) is 4.39 Å². The molecule has 126 valence electrons. The van der Waals surface area contributed by atoms with Crippen LogP contribution in [0.25, 0.3) is 0 Å². The van der Waals surface area contributed by atoms with Crippen LogP contribution in [0.2, 0.25) is 5.02 Å². The second kappa shape index (κ2) is 6.57. The van der Waals surface area contributed by atoms with Gasteiger partial charge in [-0.15, -0.1) is 0 Å². The predicted molar refractivity (Wildman–Crippen MR) is 92.4 cm³/mol. The summed E-state index contributed by atoms with van der Waals surface area (Å²) >= 11 is 7.54. The zero-order valence-electron chi connectivity index (χ0n) is 13.1. The van der Waals surface area contributed by atoms with Crippen LogP contribution in [-0.4, -0.2) is 21.2 Å². The van der Waals surface area contributed by atoms with E-state index in [0.717, 1.165) is 5.75 Å². The Morgan fingerprint density at radius 3 is 2.83 bits per heavy atom. The summed E-state index contributed by atoms with van der Waals surface area (Å²) in [4.78, 5) is 28.8. The van der Waals surface area contributed by atoms with Gasteiger partial charge in [0.05, 0.1) is 5.56 Å². The van der Waals surface area contributed by atoms with E-state index in [1.54, 1.807) is 17.7 Å². The van der Waals surface area contributed by atoms with Crippen LogP contribution < -0.4 is 10.9 Å². The molecular weight excluding hydrogens is 353 g/mol. The Morgan fingerprint density at radius 2 is 2.17 bits per heavy atom. The largest absolute Gasteiger partial charge is 0.312 e. The van der Waals surface area contributed by atoms with E-state index in [1.165, 1.54) is 23.9 Å². The first-order chi connectivity index (χ1) is 11.4. The lowest BCUT2D eigenvalue weighted by Crippen LogP contribution is -2.34. The lowest BCUT2D eigenvalue weighted by molar-refractivity contribution is -0.116. The van der Waals surface area contributed by atoms with Crippen molar-refractivity contribution in [2.45, 2.75) is 24.4 Å². The summed E-state index contributed by atoms with van der Waals surface area (Å²) in [7, 11) is 1.72. The molecule has 8 heteroatoms. The van der Waals surface area contributed by atoms with E-state index in [1.807, 2.05) is 6.92 Å². The topological polar surface area (TPSA) is 64.0 Å². The van der Waals surface area contributed by atoms with Crippen LogP contribution >= 0.6 is 23.4 Å². The molecule has 2 heterocycles. The van der Waals surface area contributed by atoms with Gasteiger partial charge in [-0.3, -0.25) is 9.59 Å². The van der Waals surface area contributed by atoms with Gasteiger partial charge in [0.2, 0.25) is 5.91 Å².